The first kappa shape index (κ1) is 28.1. The number of methoxy groups -OCH3 is 1. The van der Waals surface area contributed by atoms with Gasteiger partial charge in [-0.2, -0.15) is 0 Å². The molecule has 2 atom stereocenters. The number of nitrogens with zero attached hydrogens (tertiary/aromatic N) is 1. The third-order valence-corrected chi connectivity index (χ3v) is 5.90. The molecule has 1 aliphatic heterocycles. The Hall–Kier alpha value is -3.10. The largest absolute Gasteiger partial charge is 0.494 e. The molecule has 2 N–H and O–H groups in total. The summed E-state index contributed by atoms with van der Waals surface area (Å²) in [5, 5.41) is 14.8. The molecule has 1 aliphatic rings. The van der Waals surface area contributed by atoms with Gasteiger partial charge in [-0.1, -0.05) is 38.0 Å². The summed E-state index contributed by atoms with van der Waals surface area (Å²) in [6, 6.07) is 17.7. The molecule has 0 spiro atoms. The standard InChI is InChI=1S/C25H35NO3.C2H2O4/c1-3-4-8-17-26-18-15-21(25(20-26)27-2)16-19-28-22-11-13-24(14-12-22)29-23-9-6-5-7-10-23;3-1(4)2(5)6/h5-7,9-14,21,25H,3-4,8,15-20H2,1-2H3;(H,3,4)(H,5,6)/t21-,25-;/m0./s1. The second kappa shape index (κ2) is 15.7. The van der Waals surface area contributed by atoms with Gasteiger partial charge in [-0.05, 0) is 74.7 Å². The van der Waals surface area contributed by atoms with Gasteiger partial charge in [0.25, 0.3) is 0 Å². The van der Waals surface area contributed by atoms with Crippen LogP contribution in [0.25, 0.3) is 0 Å². The second-order valence-corrected chi connectivity index (χ2v) is 8.46. The van der Waals surface area contributed by atoms with Crippen LogP contribution < -0.4 is 9.47 Å². The summed E-state index contributed by atoms with van der Waals surface area (Å²) in [5.41, 5.74) is 0. The number of hydrogen-bond donors (Lipinski definition) is 2. The molecule has 0 radical (unpaired) electrons. The van der Waals surface area contributed by atoms with Gasteiger partial charge in [0.2, 0.25) is 0 Å². The maximum atomic E-state index is 9.10. The van der Waals surface area contributed by atoms with E-state index in [0.29, 0.717) is 12.0 Å². The smallest absolute Gasteiger partial charge is 0.414 e. The summed E-state index contributed by atoms with van der Waals surface area (Å²) in [4.78, 5) is 20.8. The minimum absolute atomic E-state index is 0.315. The van der Waals surface area contributed by atoms with E-state index in [9.17, 15) is 0 Å². The topological polar surface area (TPSA) is 106 Å². The summed E-state index contributed by atoms with van der Waals surface area (Å²) >= 11 is 0. The fraction of sp³-hybridized carbons (Fsp3) is 0.481. The van der Waals surface area contributed by atoms with Gasteiger partial charge in [0, 0.05) is 13.7 Å². The Balaban J connectivity index is 0.000000641. The monoisotopic (exact) mass is 487 g/mol. The van der Waals surface area contributed by atoms with Gasteiger partial charge < -0.3 is 29.3 Å². The van der Waals surface area contributed by atoms with Gasteiger partial charge in [0.1, 0.15) is 17.2 Å². The van der Waals surface area contributed by atoms with Crippen molar-refractivity contribution in [1.29, 1.82) is 0 Å². The number of aliphatic carboxylic acids is 2. The molecular weight excluding hydrogens is 450 g/mol. The number of unbranched alkanes of at least 4 members (excludes halogenated alkanes) is 2. The molecule has 8 heteroatoms. The van der Waals surface area contributed by atoms with Crippen molar-refractivity contribution in [1.82, 2.24) is 4.90 Å². The number of hydrogen-bond acceptors (Lipinski definition) is 6. The third-order valence-electron chi connectivity index (χ3n) is 5.90. The maximum Gasteiger partial charge on any atom is 0.414 e. The molecule has 3 rings (SSSR count). The molecule has 1 saturated heterocycles. The highest BCUT2D eigenvalue weighted by Crippen LogP contribution is 2.26. The van der Waals surface area contributed by atoms with E-state index < -0.39 is 11.9 Å². The van der Waals surface area contributed by atoms with Crippen molar-refractivity contribution in [3.63, 3.8) is 0 Å². The SMILES string of the molecule is CCCCCN1CC[C@@H](CCOc2ccc(Oc3ccccc3)cc2)[C@@H](OC)C1.O=C(O)C(=O)O. The van der Waals surface area contributed by atoms with Gasteiger partial charge in [0.15, 0.2) is 0 Å². The summed E-state index contributed by atoms with van der Waals surface area (Å²) < 4.78 is 17.6. The predicted octanol–water partition coefficient (Wildman–Crippen LogP) is 4.93. The molecule has 35 heavy (non-hydrogen) atoms. The number of para-hydroxylation sites is 1. The molecule has 2 aromatic rings. The highest BCUT2D eigenvalue weighted by molar-refractivity contribution is 6.27. The Morgan fingerprint density at radius 3 is 2.17 bits per heavy atom. The lowest BCUT2D eigenvalue weighted by atomic mass is 9.91. The van der Waals surface area contributed by atoms with E-state index >= 15 is 0 Å². The van der Waals surface area contributed by atoms with Crippen molar-refractivity contribution in [3.8, 4) is 17.2 Å². The van der Waals surface area contributed by atoms with E-state index in [1.807, 2.05) is 61.7 Å². The lowest BCUT2D eigenvalue weighted by molar-refractivity contribution is -0.159. The summed E-state index contributed by atoms with van der Waals surface area (Å²) in [7, 11) is 1.85. The molecule has 0 unspecified atom stereocenters. The minimum Gasteiger partial charge on any atom is -0.494 e. The van der Waals surface area contributed by atoms with Gasteiger partial charge in [-0.3, -0.25) is 0 Å². The van der Waals surface area contributed by atoms with E-state index in [1.165, 1.54) is 38.8 Å². The average molecular weight is 488 g/mol. The third kappa shape index (κ3) is 10.8. The first-order valence-corrected chi connectivity index (χ1v) is 12.1. The van der Waals surface area contributed by atoms with Crippen molar-refractivity contribution in [2.45, 2.75) is 45.1 Å². The molecule has 0 aliphatic carbocycles. The minimum atomic E-state index is -1.82. The molecule has 0 amide bonds. The number of piperidine rings is 1. The normalized spacial score (nSPS) is 17.7. The molecule has 1 heterocycles. The van der Waals surface area contributed by atoms with Crippen LogP contribution in [0, 0.1) is 5.92 Å². The quantitative estimate of drug-likeness (QED) is 0.340. The average Bonchev–Trinajstić information content (AvgIpc) is 2.87. The fourth-order valence-corrected chi connectivity index (χ4v) is 3.97. The first-order valence-electron chi connectivity index (χ1n) is 12.1. The number of rotatable bonds is 11. The Kier molecular flexibility index (Phi) is 12.7. The fourth-order valence-electron chi connectivity index (χ4n) is 3.97. The van der Waals surface area contributed by atoms with Crippen LogP contribution in [0.3, 0.4) is 0 Å². The lowest BCUT2D eigenvalue weighted by Gasteiger charge is -2.37. The van der Waals surface area contributed by atoms with Crippen LogP contribution in [0.2, 0.25) is 0 Å². The zero-order chi connectivity index (χ0) is 25.5. The number of likely N-dealkylation sites (tertiary alicyclic amines) is 1. The second-order valence-electron chi connectivity index (χ2n) is 8.46. The molecule has 1 fully saturated rings. The molecule has 192 valence electrons. The van der Waals surface area contributed by atoms with Crippen LogP contribution in [0.15, 0.2) is 54.6 Å². The first-order chi connectivity index (χ1) is 16.9. The van der Waals surface area contributed by atoms with Crippen molar-refractivity contribution in [2.75, 3.05) is 33.4 Å². The van der Waals surface area contributed by atoms with Crippen LogP contribution in [-0.2, 0) is 14.3 Å². The number of carboxylic acids is 2. The van der Waals surface area contributed by atoms with E-state index in [2.05, 4.69) is 11.8 Å². The summed E-state index contributed by atoms with van der Waals surface area (Å²) in [5.74, 6) is -0.532. The van der Waals surface area contributed by atoms with Gasteiger partial charge in [-0.25, -0.2) is 9.59 Å². The van der Waals surface area contributed by atoms with Gasteiger partial charge >= 0.3 is 11.9 Å². The van der Waals surface area contributed by atoms with Crippen LogP contribution >= 0.6 is 0 Å². The van der Waals surface area contributed by atoms with Crippen LogP contribution in [0.1, 0.15) is 39.0 Å². The van der Waals surface area contributed by atoms with Gasteiger partial charge in [-0.15, -0.1) is 0 Å². The van der Waals surface area contributed by atoms with Crippen LogP contribution in [0.5, 0.6) is 17.2 Å². The van der Waals surface area contributed by atoms with Crippen LogP contribution in [0.4, 0.5) is 0 Å². The van der Waals surface area contributed by atoms with Crippen molar-refractivity contribution in [3.05, 3.63) is 54.6 Å². The maximum absolute atomic E-state index is 9.10. The zero-order valence-electron chi connectivity index (χ0n) is 20.6. The molecule has 0 saturated carbocycles. The zero-order valence-corrected chi connectivity index (χ0v) is 20.6. The number of carboxylic acid groups (broad SMARTS) is 2. The molecule has 0 aromatic heterocycles. The Bertz CT molecular complexity index is 861. The van der Waals surface area contributed by atoms with E-state index in [-0.39, 0.29) is 0 Å². The Morgan fingerprint density at radius 1 is 0.943 bits per heavy atom. The Labute approximate surface area is 207 Å². The summed E-state index contributed by atoms with van der Waals surface area (Å²) in [6.07, 6.45) is 6.43. The molecule has 2 aromatic carbocycles. The predicted molar refractivity (Wildman–Crippen MR) is 133 cm³/mol. The van der Waals surface area contributed by atoms with E-state index in [4.69, 9.17) is 34.0 Å². The van der Waals surface area contributed by atoms with Crippen molar-refractivity contribution in [2.24, 2.45) is 5.92 Å². The molecule has 0 bridgehead atoms. The Morgan fingerprint density at radius 2 is 1.57 bits per heavy atom. The number of ether oxygens (including phenoxy) is 3. The lowest BCUT2D eigenvalue weighted by Crippen LogP contribution is -2.45. The number of carbonyl (C=O) groups is 2. The highest BCUT2D eigenvalue weighted by Gasteiger charge is 2.28. The van der Waals surface area contributed by atoms with Crippen molar-refractivity contribution >= 4 is 11.9 Å². The molecular formula is C27H37NO7. The summed E-state index contributed by atoms with van der Waals surface area (Å²) in [6.45, 7) is 6.41. The van der Waals surface area contributed by atoms with Crippen LogP contribution in [-0.4, -0.2) is 66.5 Å². The van der Waals surface area contributed by atoms with E-state index in [0.717, 1.165) is 36.8 Å². The van der Waals surface area contributed by atoms with Gasteiger partial charge in [0.05, 0.1) is 12.7 Å². The van der Waals surface area contributed by atoms with E-state index in [1.54, 1.807) is 0 Å². The number of benzene rings is 2. The van der Waals surface area contributed by atoms with Crippen molar-refractivity contribution < 1.29 is 34.0 Å². The molecule has 8 nitrogen and oxygen atoms in total. The highest BCUT2D eigenvalue weighted by atomic mass is 16.5.